The fourth-order valence-electron chi connectivity index (χ4n) is 1.67. The molecule has 1 aromatic rings. The minimum atomic E-state index is 0.115. The predicted octanol–water partition coefficient (Wildman–Crippen LogP) is 0.906. The molecule has 0 spiro atoms. The maximum atomic E-state index is 5.85. The van der Waals surface area contributed by atoms with E-state index in [1.54, 1.807) is 7.11 Å². The summed E-state index contributed by atoms with van der Waals surface area (Å²) in [7, 11) is 1.63. The summed E-state index contributed by atoms with van der Waals surface area (Å²) in [4.78, 5) is 4.60. The standard InChI is InChI=1S/C12H17NO4/c1-14-11-4-2-3-9(5-6-16-13)12(11)17-10-7-15-8-10/h2-4,10H,5-8,13H2,1H3. The van der Waals surface area contributed by atoms with E-state index in [1.165, 1.54) is 0 Å². The highest BCUT2D eigenvalue weighted by Gasteiger charge is 2.23. The van der Waals surface area contributed by atoms with Gasteiger partial charge in [-0.3, -0.25) is 0 Å². The molecular formula is C12H17NO4. The average Bonchev–Trinajstić information content (AvgIpc) is 2.31. The van der Waals surface area contributed by atoms with E-state index < -0.39 is 0 Å². The molecule has 1 heterocycles. The molecule has 1 aromatic carbocycles. The van der Waals surface area contributed by atoms with Crippen molar-refractivity contribution >= 4 is 0 Å². The highest BCUT2D eigenvalue weighted by molar-refractivity contribution is 5.47. The molecule has 0 atom stereocenters. The van der Waals surface area contributed by atoms with Crippen LogP contribution in [0.25, 0.3) is 0 Å². The van der Waals surface area contributed by atoms with E-state index >= 15 is 0 Å². The van der Waals surface area contributed by atoms with Gasteiger partial charge in [0.25, 0.3) is 0 Å². The van der Waals surface area contributed by atoms with Gasteiger partial charge in [0.2, 0.25) is 0 Å². The fraction of sp³-hybridized carbons (Fsp3) is 0.500. The van der Waals surface area contributed by atoms with Gasteiger partial charge in [-0.2, -0.15) is 0 Å². The lowest BCUT2D eigenvalue weighted by atomic mass is 10.1. The summed E-state index contributed by atoms with van der Waals surface area (Å²) in [6.07, 6.45) is 0.806. The van der Waals surface area contributed by atoms with Gasteiger partial charge in [-0.05, 0) is 6.07 Å². The number of hydrogen-bond acceptors (Lipinski definition) is 5. The third kappa shape index (κ3) is 2.88. The van der Waals surface area contributed by atoms with Crippen molar-refractivity contribution in [3.8, 4) is 11.5 Å². The number of rotatable bonds is 6. The first-order chi connectivity index (χ1) is 8.35. The summed E-state index contributed by atoms with van der Waals surface area (Å²) in [6, 6.07) is 5.78. The second-order valence-corrected chi connectivity index (χ2v) is 3.85. The van der Waals surface area contributed by atoms with Gasteiger partial charge in [-0.25, -0.2) is 5.90 Å². The zero-order chi connectivity index (χ0) is 12.1. The van der Waals surface area contributed by atoms with Gasteiger partial charge in [-0.1, -0.05) is 12.1 Å². The van der Waals surface area contributed by atoms with Gasteiger partial charge >= 0.3 is 0 Å². The summed E-state index contributed by atoms with van der Waals surface area (Å²) in [6.45, 7) is 1.71. The van der Waals surface area contributed by atoms with Crippen LogP contribution in [0.4, 0.5) is 0 Å². The van der Waals surface area contributed by atoms with Gasteiger partial charge in [0, 0.05) is 12.0 Å². The molecule has 0 bridgehead atoms. The lowest BCUT2D eigenvalue weighted by Crippen LogP contribution is -2.38. The number of hydrogen-bond donors (Lipinski definition) is 1. The van der Waals surface area contributed by atoms with Crippen LogP contribution in [0.1, 0.15) is 5.56 Å². The number of benzene rings is 1. The van der Waals surface area contributed by atoms with Gasteiger partial charge in [-0.15, -0.1) is 0 Å². The third-order valence-corrected chi connectivity index (χ3v) is 2.66. The van der Waals surface area contributed by atoms with E-state index in [0.717, 1.165) is 17.1 Å². The lowest BCUT2D eigenvalue weighted by molar-refractivity contribution is -0.0807. The summed E-state index contributed by atoms with van der Waals surface area (Å²) in [5.41, 5.74) is 1.03. The van der Waals surface area contributed by atoms with Crippen LogP contribution in [0.3, 0.4) is 0 Å². The summed E-state index contributed by atoms with van der Waals surface area (Å²) >= 11 is 0. The van der Waals surface area contributed by atoms with Crippen molar-refractivity contribution < 1.29 is 19.0 Å². The molecular weight excluding hydrogens is 222 g/mol. The molecule has 2 N–H and O–H groups in total. The minimum Gasteiger partial charge on any atom is -0.493 e. The van der Waals surface area contributed by atoms with E-state index in [0.29, 0.717) is 26.2 Å². The summed E-state index contributed by atoms with van der Waals surface area (Å²) < 4.78 is 16.2. The van der Waals surface area contributed by atoms with Gasteiger partial charge in [0.1, 0.15) is 6.10 Å². The SMILES string of the molecule is COc1cccc(CCON)c1OC1COC1. The first-order valence-corrected chi connectivity index (χ1v) is 5.57. The van der Waals surface area contributed by atoms with E-state index in [1.807, 2.05) is 18.2 Å². The van der Waals surface area contributed by atoms with Crippen LogP contribution in [-0.2, 0) is 16.0 Å². The van der Waals surface area contributed by atoms with E-state index in [2.05, 4.69) is 4.84 Å². The highest BCUT2D eigenvalue weighted by atomic mass is 16.6. The van der Waals surface area contributed by atoms with Crippen LogP contribution < -0.4 is 15.4 Å². The van der Waals surface area contributed by atoms with Crippen molar-refractivity contribution in [1.82, 2.24) is 0 Å². The normalized spacial score (nSPS) is 15.4. The molecule has 17 heavy (non-hydrogen) atoms. The molecule has 5 heteroatoms. The van der Waals surface area contributed by atoms with Crippen LogP contribution in [0, 0.1) is 0 Å². The molecule has 0 radical (unpaired) electrons. The van der Waals surface area contributed by atoms with Crippen molar-refractivity contribution in [3.05, 3.63) is 23.8 Å². The van der Waals surface area contributed by atoms with E-state index in [-0.39, 0.29) is 6.10 Å². The Morgan fingerprint density at radius 1 is 1.41 bits per heavy atom. The van der Waals surface area contributed by atoms with Gasteiger partial charge in [0.15, 0.2) is 11.5 Å². The van der Waals surface area contributed by atoms with Crippen molar-refractivity contribution in [2.75, 3.05) is 26.9 Å². The van der Waals surface area contributed by atoms with Crippen LogP contribution in [0.2, 0.25) is 0 Å². The topological polar surface area (TPSA) is 62.9 Å². The molecule has 2 rings (SSSR count). The molecule has 1 aliphatic heterocycles. The molecule has 94 valence electrons. The Morgan fingerprint density at radius 2 is 2.24 bits per heavy atom. The summed E-state index contributed by atoms with van der Waals surface area (Å²) in [5.74, 6) is 6.54. The Bertz CT molecular complexity index is 366. The number of nitrogens with two attached hydrogens (primary N) is 1. The monoisotopic (exact) mass is 239 g/mol. The molecule has 1 fully saturated rings. The van der Waals surface area contributed by atoms with E-state index in [9.17, 15) is 0 Å². The highest BCUT2D eigenvalue weighted by Crippen LogP contribution is 2.33. The van der Waals surface area contributed by atoms with Crippen molar-refractivity contribution in [2.45, 2.75) is 12.5 Å². The maximum Gasteiger partial charge on any atom is 0.165 e. The zero-order valence-corrected chi connectivity index (χ0v) is 9.85. The summed E-state index contributed by atoms with van der Waals surface area (Å²) in [5, 5.41) is 0. The maximum absolute atomic E-state index is 5.85. The van der Waals surface area contributed by atoms with Crippen molar-refractivity contribution in [2.24, 2.45) is 5.90 Å². The third-order valence-electron chi connectivity index (χ3n) is 2.66. The fourth-order valence-corrected chi connectivity index (χ4v) is 1.67. The molecule has 0 amide bonds. The smallest absolute Gasteiger partial charge is 0.165 e. The molecule has 0 aromatic heterocycles. The lowest BCUT2D eigenvalue weighted by Gasteiger charge is -2.28. The van der Waals surface area contributed by atoms with E-state index in [4.69, 9.17) is 20.1 Å². The molecule has 5 nitrogen and oxygen atoms in total. The Hall–Kier alpha value is -1.30. The average molecular weight is 239 g/mol. The number of methoxy groups -OCH3 is 1. The largest absolute Gasteiger partial charge is 0.493 e. The Balaban J connectivity index is 2.16. The van der Waals surface area contributed by atoms with Crippen molar-refractivity contribution in [3.63, 3.8) is 0 Å². The Morgan fingerprint density at radius 3 is 2.82 bits per heavy atom. The molecule has 0 saturated carbocycles. The Labute approximate surface area is 100 Å². The molecule has 1 aliphatic rings. The second kappa shape index (κ2) is 5.86. The van der Waals surface area contributed by atoms with Crippen LogP contribution >= 0.6 is 0 Å². The second-order valence-electron chi connectivity index (χ2n) is 3.85. The van der Waals surface area contributed by atoms with Gasteiger partial charge < -0.3 is 19.0 Å². The zero-order valence-electron chi connectivity index (χ0n) is 9.85. The molecule has 0 aliphatic carbocycles. The quantitative estimate of drug-likeness (QED) is 0.747. The van der Waals surface area contributed by atoms with Crippen LogP contribution in [0.5, 0.6) is 11.5 Å². The first-order valence-electron chi connectivity index (χ1n) is 5.57. The number of para-hydroxylation sites is 1. The predicted molar refractivity (Wildman–Crippen MR) is 62.1 cm³/mol. The molecule has 1 saturated heterocycles. The molecule has 0 unspecified atom stereocenters. The minimum absolute atomic E-state index is 0.115. The Kier molecular flexibility index (Phi) is 4.19. The first kappa shape index (κ1) is 12.2. The number of ether oxygens (including phenoxy) is 3. The van der Waals surface area contributed by atoms with Crippen LogP contribution in [0.15, 0.2) is 18.2 Å². The van der Waals surface area contributed by atoms with Crippen LogP contribution in [-0.4, -0.2) is 33.0 Å². The van der Waals surface area contributed by atoms with Gasteiger partial charge in [0.05, 0.1) is 26.9 Å². The van der Waals surface area contributed by atoms with Crippen molar-refractivity contribution in [1.29, 1.82) is 0 Å².